The highest BCUT2D eigenvalue weighted by Gasteiger charge is 2.22. The Bertz CT molecular complexity index is 718. The van der Waals surface area contributed by atoms with Gasteiger partial charge in [0.15, 0.2) is 0 Å². The first kappa shape index (κ1) is 15.9. The summed E-state index contributed by atoms with van der Waals surface area (Å²) in [5, 5.41) is 6.32. The van der Waals surface area contributed by atoms with Gasteiger partial charge in [-0.05, 0) is 30.4 Å². The molecule has 2 aromatic rings. The highest BCUT2D eigenvalue weighted by atomic mass is 32.1. The number of nitrogens with zero attached hydrogens (tertiary/aromatic N) is 3. The standard InChI is InChI=1S/C17H21N3O2S/c1-19(13-6-3-2-4-7-13)17(22)12-20-16(21)10-9-14(18-20)15-8-5-11-23-15/h5,8-11,13H,2-4,6-7,12H2,1H3. The fraction of sp³-hybridized carbons (Fsp3) is 0.471. The molecule has 1 aliphatic carbocycles. The van der Waals surface area contributed by atoms with Crippen molar-refractivity contribution in [2.45, 2.75) is 44.7 Å². The molecule has 0 N–H and O–H groups in total. The minimum absolute atomic E-state index is 0.00501. The summed E-state index contributed by atoms with van der Waals surface area (Å²) in [5.41, 5.74) is 0.489. The van der Waals surface area contributed by atoms with Crippen LogP contribution in [0.1, 0.15) is 32.1 Å². The zero-order chi connectivity index (χ0) is 16.2. The van der Waals surface area contributed by atoms with Crippen LogP contribution in [0.4, 0.5) is 0 Å². The number of hydrogen-bond donors (Lipinski definition) is 0. The first-order valence-corrected chi connectivity index (χ1v) is 8.91. The van der Waals surface area contributed by atoms with Crippen molar-refractivity contribution in [2.24, 2.45) is 0 Å². The van der Waals surface area contributed by atoms with E-state index in [1.807, 2.05) is 24.6 Å². The summed E-state index contributed by atoms with van der Waals surface area (Å²) in [5.74, 6) is -0.0465. The third-order valence-electron chi connectivity index (χ3n) is 4.44. The van der Waals surface area contributed by atoms with Crippen molar-refractivity contribution in [2.75, 3.05) is 7.05 Å². The summed E-state index contributed by atoms with van der Waals surface area (Å²) in [6.45, 7) is 0.00501. The van der Waals surface area contributed by atoms with E-state index in [9.17, 15) is 9.59 Å². The Kier molecular flexibility index (Phi) is 4.91. The molecule has 2 heterocycles. The second-order valence-corrected chi connectivity index (χ2v) is 6.94. The number of rotatable bonds is 4. The topological polar surface area (TPSA) is 55.2 Å². The molecule has 1 fully saturated rings. The molecule has 0 aromatic carbocycles. The van der Waals surface area contributed by atoms with Crippen LogP contribution in [0.15, 0.2) is 34.4 Å². The van der Waals surface area contributed by atoms with Crippen molar-refractivity contribution in [3.05, 3.63) is 40.0 Å². The molecule has 1 saturated carbocycles. The number of carbonyl (C=O) groups excluding carboxylic acids is 1. The van der Waals surface area contributed by atoms with Gasteiger partial charge in [-0.15, -0.1) is 11.3 Å². The van der Waals surface area contributed by atoms with Crippen LogP contribution >= 0.6 is 11.3 Å². The third-order valence-corrected chi connectivity index (χ3v) is 5.33. The van der Waals surface area contributed by atoms with Crippen molar-refractivity contribution in [1.29, 1.82) is 0 Å². The first-order valence-electron chi connectivity index (χ1n) is 8.03. The monoisotopic (exact) mass is 331 g/mol. The van der Waals surface area contributed by atoms with E-state index in [0.29, 0.717) is 6.04 Å². The van der Waals surface area contributed by atoms with E-state index in [-0.39, 0.29) is 18.0 Å². The highest BCUT2D eigenvalue weighted by Crippen LogP contribution is 2.22. The zero-order valence-electron chi connectivity index (χ0n) is 13.3. The van der Waals surface area contributed by atoms with Gasteiger partial charge in [0.25, 0.3) is 5.56 Å². The lowest BCUT2D eigenvalue weighted by Crippen LogP contribution is -2.41. The van der Waals surface area contributed by atoms with E-state index in [2.05, 4.69) is 5.10 Å². The smallest absolute Gasteiger partial charge is 0.267 e. The summed E-state index contributed by atoms with van der Waals surface area (Å²) in [4.78, 5) is 27.3. The molecule has 0 saturated heterocycles. The molecule has 0 radical (unpaired) electrons. The van der Waals surface area contributed by atoms with Gasteiger partial charge in [0, 0.05) is 19.2 Å². The van der Waals surface area contributed by atoms with Crippen LogP contribution in [0.2, 0.25) is 0 Å². The van der Waals surface area contributed by atoms with Gasteiger partial charge in [-0.3, -0.25) is 9.59 Å². The van der Waals surface area contributed by atoms with Crippen molar-refractivity contribution in [1.82, 2.24) is 14.7 Å². The van der Waals surface area contributed by atoms with Crippen molar-refractivity contribution < 1.29 is 4.79 Å². The van der Waals surface area contributed by atoms with Gasteiger partial charge < -0.3 is 4.90 Å². The third kappa shape index (κ3) is 3.69. The molecule has 0 spiro atoms. The van der Waals surface area contributed by atoms with Gasteiger partial charge in [-0.25, -0.2) is 4.68 Å². The number of carbonyl (C=O) groups is 1. The van der Waals surface area contributed by atoms with E-state index in [4.69, 9.17) is 0 Å². The molecule has 122 valence electrons. The predicted molar refractivity (Wildman–Crippen MR) is 91.5 cm³/mol. The fourth-order valence-electron chi connectivity index (χ4n) is 3.03. The Balaban J connectivity index is 1.75. The maximum atomic E-state index is 12.5. The molecule has 0 unspecified atom stereocenters. The second-order valence-electron chi connectivity index (χ2n) is 5.99. The van der Waals surface area contributed by atoms with Crippen LogP contribution in [0, 0.1) is 0 Å². The molecule has 0 aliphatic heterocycles. The Hall–Kier alpha value is -1.95. The molecule has 1 aliphatic rings. The number of likely N-dealkylation sites (N-methyl/N-ethyl adjacent to an activating group) is 1. The van der Waals surface area contributed by atoms with Crippen molar-refractivity contribution in [3.8, 4) is 10.6 Å². The average Bonchev–Trinajstić information content (AvgIpc) is 3.11. The second kappa shape index (κ2) is 7.08. The van der Waals surface area contributed by atoms with E-state index in [0.717, 1.165) is 23.4 Å². The first-order chi connectivity index (χ1) is 11.1. The lowest BCUT2D eigenvalue weighted by molar-refractivity contribution is -0.133. The maximum Gasteiger partial charge on any atom is 0.267 e. The number of hydrogen-bond acceptors (Lipinski definition) is 4. The molecule has 5 nitrogen and oxygen atoms in total. The molecule has 23 heavy (non-hydrogen) atoms. The van der Waals surface area contributed by atoms with Crippen LogP contribution in [-0.4, -0.2) is 33.7 Å². The summed E-state index contributed by atoms with van der Waals surface area (Å²) in [6, 6.07) is 7.39. The van der Waals surface area contributed by atoms with Crippen LogP contribution in [-0.2, 0) is 11.3 Å². The average molecular weight is 331 g/mol. The summed E-state index contributed by atoms with van der Waals surface area (Å²) < 4.78 is 1.27. The molecule has 3 rings (SSSR count). The van der Waals surface area contributed by atoms with Gasteiger partial charge in [0.2, 0.25) is 5.91 Å². The maximum absolute atomic E-state index is 12.5. The molecule has 0 bridgehead atoms. The van der Waals surface area contributed by atoms with Gasteiger partial charge in [-0.2, -0.15) is 5.10 Å². The molecule has 1 amide bonds. The summed E-state index contributed by atoms with van der Waals surface area (Å²) in [7, 11) is 1.84. The molecule has 2 aromatic heterocycles. The van der Waals surface area contributed by atoms with Gasteiger partial charge in [-0.1, -0.05) is 25.3 Å². The van der Waals surface area contributed by atoms with Crippen molar-refractivity contribution >= 4 is 17.2 Å². The normalized spacial score (nSPS) is 15.5. The van der Waals surface area contributed by atoms with E-state index < -0.39 is 0 Å². The SMILES string of the molecule is CN(C(=O)Cn1nc(-c2cccs2)ccc1=O)C1CCCCC1. The van der Waals surface area contributed by atoms with Gasteiger partial charge >= 0.3 is 0 Å². The summed E-state index contributed by atoms with van der Waals surface area (Å²) >= 11 is 1.57. The zero-order valence-corrected chi connectivity index (χ0v) is 14.1. The Morgan fingerprint density at radius 3 is 2.78 bits per heavy atom. The quantitative estimate of drug-likeness (QED) is 0.865. The van der Waals surface area contributed by atoms with Gasteiger partial charge in [0.1, 0.15) is 12.2 Å². The number of aromatic nitrogens is 2. The molecular weight excluding hydrogens is 310 g/mol. The largest absolute Gasteiger partial charge is 0.341 e. The van der Waals surface area contributed by atoms with E-state index >= 15 is 0 Å². The van der Waals surface area contributed by atoms with Crippen LogP contribution < -0.4 is 5.56 Å². The number of thiophene rings is 1. The number of amides is 1. The molecule has 6 heteroatoms. The van der Waals surface area contributed by atoms with Crippen molar-refractivity contribution in [3.63, 3.8) is 0 Å². The van der Waals surface area contributed by atoms with Gasteiger partial charge in [0.05, 0.1) is 4.88 Å². The van der Waals surface area contributed by atoms with E-state index in [1.54, 1.807) is 22.3 Å². The molecule has 0 atom stereocenters. The minimum atomic E-state index is -0.240. The fourth-order valence-corrected chi connectivity index (χ4v) is 3.72. The Labute approximate surface area is 139 Å². The summed E-state index contributed by atoms with van der Waals surface area (Å²) in [6.07, 6.45) is 5.71. The highest BCUT2D eigenvalue weighted by molar-refractivity contribution is 7.13. The lowest BCUT2D eigenvalue weighted by atomic mass is 9.94. The molecular formula is C17H21N3O2S. The predicted octanol–water partition coefficient (Wildman–Crippen LogP) is 2.76. The lowest BCUT2D eigenvalue weighted by Gasteiger charge is -2.31. The minimum Gasteiger partial charge on any atom is -0.341 e. The Morgan fingerprint density at radius 1 is 1.30 bits per heavy atom. The Morgan fingerprint density at radius 2 is 2.09 bits per heavy atom. The van der Waals surface area contributed by atoms with Crippen LogP contribution in [0.3, 0.4) is 0 Å². The van der Waals surface area contributed by atoms with E-state index in [1.165, 1.54) is 30.0 Å². The van der Waals surface area contributed by atoms with Crippen LogP contribution in [0.5, 0.6) is 0 Å². The van der Waals surface area contributed by atoms with Crippen LogP contribution in [0.25, 0.3) is 10.6 Å².